The molecular weight excluding hydrogens is 329 g/mol. The summed E-state index contributed by atoms with van der Waals surface area (Å²) in [5.41, 5.74) is 7.75. The maximum atomic E-state index is 12.5. The standard InChI is InChI=1S/C19H21F3N2O/c1-12-3-5-14(6-4-12)11-13(2)17(23)18(25)24-16-9-7-15(8-10-16)19(20,21)22/h3-10,13,17H,11,23H2,1-2H3,(H,24,25)/t13?,17-/m0/s1. The van der Waals surface area contributed by atoms with E-state index in [4.69, 9.17) is 5.73 Å². The molecular formula is C19H21F3N2O. The van der Waals surface area contributed by atoms with Crippen molar-refractivity contribution < 1.29 is 18.0 Å². The fraction of sp³-hybridized carbons (Fsp3) is 0.316. The maximum Gasteiger partial charge on any atom is 0.416 e. The Balaban J connectivity index is 1.96. The Morgan fingerprint density at radius 2 is 1.64 bits per heavy atom. The number of benzene rings is 2. The SMILES string of the molecule is Cc1ccc(CC(C)[C@H](N)C(=O)Nc2ccc(C(F)(F)F)cc2)cc1. The van der Waals surface area contributed by atoms with E-state index in [1.54, 1.807) is 0 Å². The molecule has 0 fully saturated rings. The topological polar surface area (TPSA) is 55.1 Å². The van der Waals surface area contributed by atoms with Crippen LogP contribution in [0.2, 0.25) is 0 Å². The van der Waals surface area contributed by atoms with Gasteiger partial charge in [0.15, 0.2) is 0 Å². The van der Waals surface area contributed by atoms with Crippen LogP contribution in [0.3, 0.4) is 0 Å². The summed E-state index contributed by atoms with van der Waals surface area (Å²) < 4.78 is 37.6. The van der Waals surface area contributed by atoms with Crippen molar-refractivity contribution in [3.63, 3.8) is 0 Å². The van der Waals surface area contributed by atoms with Gasteiger partial charge < -0.3 is 11.1 Å². The third-order valence-electron chi connectivity index (χ3n) is 4.07. The zero-order chi connectivity index (χ0) is 18.6. The number of halogens is 3. The van der Waals surface area contributed by atoms with Crippen molar-refractivity contribution in [3.05, 3.63) is 65.2 Å². The van der Waals surface area contributed by atoms with Crippen LogP contribution in [0.5, 0.6) is 0 Å². The smallest absolute Gasteiger partial charge is 0.325 e. The lowest BCUT2D eigenvalue weighted by Crippen LogP contribution is -2.41. The summed E-state index contributed by atoms with van der Waals surface area (Å²) in [6.45, 7) is 3.87. The normalized spacial score (nSPS) is 14.0. The third-order valence-corrected chi connectivity index (χ3v) is 4.07. The highest BCUT2D eigenvalue weighted by Gasteiger charge is 2.30. The van der Waals surface area contributed by atoms with E-state index < -0.39 is 23.7 Å². The minimum atomic E-state index is -4.40. The molecule has 0 spiro atoms. The molecule has 2 atom stereocenters. The molecule has 2 aromatic carbocycles. The van der Waals surface area contributed by atoms with E-state index >= 15 is 0 Å². The molecule has 3 N–H and O–H groups in total. The Morgan fingerprint density at radius 3 is 2.16 bits per heavy atom. The Morgan fingerprint density at radius 1 is 1.08 bits per heavy atom. The molecule has 1 amide bonds. The Kier molecular flexibility index (Phi) is 5.85. The van der Waals surface area contributed by atoms with Crippen LogP contribution in [0.4, 0.5) is 18.9 Å². The van der Waals surface area contributed by atoms with Crippen LogP contribution in [0.1, 0.15) is 23.6 Å². The Bertz CT molecular complexity index is 709. The molecule has 6 heteroatoms. The van der Waals surface area contributed by atoms with Crippen molar-refractivity contribution in [2.45, 2.75) is 32.5 Å². The van der Waals surface area contributed by atoms with E-state index in [9.17, 15) is 18.0 Å². The zero-order valence-corrected chi connectivity index (χ0v) is 14.1. The number of nitrogens with one attached hydrogen (secondary N) is 1. The van der Waals surface area contributed by atoms with Gasteiger partial charge in [0.25, 0.3) is 0 Å². The minimum absolute atomic E-state index is 0.114. The quantitative estimate of drug-likeness (QED) is 0.851. The van der Waals surface area contributed by atoms with E-state index in [0.29, 0.717) is 6.42 Å². The number of carbonyl (C=O) groups is 1. The number of aryl methyl sites for hydroxylation is 1. The third kappa shape index (κ3) is 5.32. The van der Waals surface area contributed by atoms with Gasteiger partial charge in [-0.3, -0.25) is 4.79 Å². The maximum absolute atomic E-state index is 12.5. The number of hydrogen-bond donors (Lipinski definition) is 2. The van der Waals surface area contributed by atoms with Crippen LogP contribution < -0.4 is 11.1 Å². The molecule has 0 aliphatic heterocycles. The molecule has 0 heterocycles. The summed E-state index contributed by atoms with van der Waals surface area (Å²) in [6.07, 6.45) is -3.76. The number of anilines is 1. The lowest BCUT2D eigenvalue weighted by molar-refractivity contribution is -0.137. The lowest BCUT2D eigenvalue weighted by atomic mass is 9.93. The second kappa shape index (κ2) is 7.70. The fourth-order valence-electron chi connectivity index (χ4n) is 2.45. The molecule has 0 saturated carbocycles. The van der Waals surface area contributed by atoms with E-state index in [1.807, 2.05) is 38.1 Å². The van der Waals surface area contributed by atoms with E-state index in [-0.39, 0.29) is 11.6 Å². The van der Waals surface area contributed by atoms with Gasteiger partial charge >= 0.3 is 6.18 Å². The predicted molar refractivity (Wildman–Crippen MR) is 92.1 cm³/mol. The van der Waals surface area contributed by atoms with Crippen molar-refractivity contribution in [2.24, 2.45) is 11.7 Å². The first-order valence-electron chi connectivity index (χ1n) is 7.96. The molecule has 1 unspecified atom stereocenters. The van der Waals surface area contributed by atoms with E-state index in [2.05, 4.69) is 5.32 Å². The highest BCUT2D eigenvalue weighted by atomic mass is 19.4. The van der Waals surface area contributed by atoms with Crippen molar-refractivity contribution >= 4 is 11.6 Å². The number of alkyl halides is 3. The highest BCUT2D eigenvalue weighted by Crippen LogP contribution is 2.29. The molecule has 0 aliphatic rings. The molecule has 0 aliphatic carbocycles. The second-order valence-corrected chi connectivity index (χ2v) is 6.26. The molecule has 0 aromatic heterocycles. The summed E-state index contributed by atoms with van der Waals surface area (Å²) in [6, 6.07) is 11.5. The average Bonchev–Trinajstić information content (AvgIpc) is 2.55. The van der Waals surface area contributed by atoms with Gasteiger partial charge in [0.1, 0.15) is 0 Å². The molecule has 2 rings (SSSR count). The summed E-state index contributed by atoms with van der Waals surface area (Å²) in [5.74, 6) is -0.531. The first-order valence-corrected chi connectivity index (χ1v) is 7.96. The molecule has 25 heavy (non-hydrogen) atoms. The Labute approximate surface area is 145 Å². The van der Waals surface area contributed by atoms with Crippen LogP contribution in [-0.4, -0.2) is 11.9 Å². The summed E-state index contributed by atoms with van der Waals surface area (Å²) in [5, 5.41) is 2.56. The van der Waals surface area contributed by atoms with Crippen LogP contribution >= 0.6 is 0 Å². The predicted octanol–water partition coefficient (Wildman–Crippen LogP) is 4.16. The number of carbonyl (C=O) groups excluding carboxylic acids is 1. The number of hydrogen-bond acceptors (Lipinski definition) is 2. The molecule has 3 nitrogen and oxygen atoms in total. The van der Waals surface area contributed by atoms with Gasteiger partial charge in [-0.25, -0.2) is 0 Å². The number of nitrogens with two attached hydrogens (primary N) is 1. The van der Waals surface area contributed by atoms with Gasteiger partial charge in [-0.2, -0.15) is 13.2 Å². The van der Waals surface area contributed by atoms with Crippen LogP contribution in [0.25, 0.3) is 0 Å². The van der Waals surface area contributed by atoms with Crippen molar-refractivity contribution in [3.8, 4) is 0 Å². The summed E-state index contributed by atoms with van der Waals surface area (Å²) in [7, 11) is 0. The minimum Gasteiger partial charge on any atom is -0.325 e. The highest BCUT2D eigenvalue weighted by molar-refractivity contribution is 5.94. The van der Waals surface area contributed by atoms with Gasteiger partial charge in [-0.05, 0) is 49.1 Å². The van der Waals surface area contributed by atoms with Crippen molar-refractivity contribution in [1.82, 2.24) is 0 Å². The molecule has 134 valence electrons. The molecule has 0 saturated heterocycles. The second-order valence-electron chi connectivity index (χ2n) is 6.26. The van der Waals surface area contributed by atoms with Crippen molar-refractivity contribution in [2.75, 3.05) is 5.32 Å². The molecule has 0 bridgehead atoms. The first kappa shape index (κ1) is 19.0. The van der Waals surface area contributed by atoms with Crippen molar-refractivity contribution in [1.29, 1.82) is 0 Å². The van der Waals surface area contributed by atoms with Crippen LogP contribution in [-0.2, 0) is 17.4 Å². The molecule has 0 radical (unpaired) electrons. The lowest BCUT2D eigenvalue weighted by Gasteiger charge is -2.20. The Hall–Kier alpha value is -2.34. The average molecular weight is 350 g/mol. The van der Waals surface area contributed by atoms with Gasteiger partial charge in [0, 0.05) is 5.69 Å². The van der Waals surface area contributed by atoms with Gasteiger partial charge in [-0.15, -0.1) is 0 Å². The fourth-order valence-corrected chi connectivity index (χ4v) is 2.45. The first-order chi connectivity index (χ1) is 11.7. The molecule has 2 aromatic rings. The van der Waals surface area contributed by atoms with Gasteiger partial charge in [0.2, 0.25) is 5.91 Å². The summed E-state index contributed by atoms with van der Waals surface area (Å²) in [4.78, 5) is 12.2. The van der Waals surface area contributed by atoms with E-state index in [1.165, 1.54) is 12.1 Å². The van der Waals surface area contributed by atoms with E-state index in [0.717, 1.165) is 23.3 Å². The van der Waals surface area contributed by atoms with Crippen LogP contribution in [0.15, 0.2) is 48.5 Å². The zero-order valence-electron chi connectivity index (χ0n) is 14.1. The monoisotopic (exact) mass is 350 g/mol. The van der Waals surface area contributed by atoms with Crippen LogP contribution in [0, 0.1) is 12.8 Å². The number of amides is 1. The van der Waals surface area contributed by atoms with Gasteiger partial charge in [0.05, 0.1) is 11.6 Å². The van der Waals surface area contributed by atoms with Gasteiger partial charge in [-0.1, -0.05) is 36.8 Å². The largest absolute Gasteiger partial charge is 0.416 e. The summed E-state index contributed by atoms with van der Waals surface area (Å²) >= 11 is 0. The number of rotatable bonds is 5.